The number of rotatable bonds is 1. The maximum atomic E-state index is 13.4. The summed E-state index contributed by atoms with van der Waals surface area (Å²) < 4.78 is 1.31. The molecule has 0 saturated carbocycles. The van der Waals surface area contributed by atoms with Crippen molar-refractivity contribution in [1.82, 2.24) is 9.72 Å². The van der Waals surface area contributed by atoms with E-state index in [4.69, 9.17) is 23.2 Å². The number of nitrogens with one attached hydrogen (secondary N) is 1. The van der Waals surface area contributed by atoms with Crippen molar-refractivity contribution in [3.05, 3.63) is 67.7 Å². The van der Waals surface area contributed by atoms with Crippen LogP contribution in [0.3, 0.4) is 0 Å². The van der Waals surface area contributed by atoms with Gasteiger partial charge in [-0.15, -0.1) is 0 Å². The third kappa shape index (κ3) is 2.07. The van der Waals surface area contributed by atoms with Gasteiger partial charge in [0.05, 0.1) is 11.2 Å². The molecule has 1 aliphatic rings. The third-order valence-electron chi connectivity index (χ3n) is 4.94. The summed E-state index contributed by atoms with van der Waals surface area (Å²) in [5, 5.41) is 15.0. The molecule has 2 aromatic carbocycles. The minimum atomic E-state index is -0.552. The van der Waals surface area contributed by atoms with E-state index < -0.39 is 11.5 Å². The van der Waals surface area contributed by atoms with Gasteiger partial charge in [0.25, 0.3) is 11.5 Å². The van der Waals surface area contributed by atoms with Crippen LogP contribution < -0.4 is 16.2 Å². The Morgan fingerprint density at radius 3 is 2.61 bits per heavy atom. The first-order chi connectivity index (χ1) is 13.4. The molecule has 0 atom stereocenters. The molecule has 2 aromatic heterocycles. The largest absolute Gasteiger partial charge is 0.505 e. The van der Waals surface area contributed by atoms with Gasteiger partial charge in [0.2, 0.25) is 0 Å². The van der Waals surface area contributed by atoms with Gasteiger partial charge in [-0.3, -0.25) is 14.0 Å². The average molecular weight is 412 g/mol. The number of hydrogen-bond donors (Lipinski definition) is 2. The zero-order chi connectivity index (χ0) is 19.7. The Morgan fingerprint density at radius 1 is 1.14 bits per heavy atom. The number of halogens is 2. The summed E-state index contributed by atoms with van der Waals surface area (Å²) in [6.07, 6.45) is 0. The lowest BCUT2D eigenvalue weighted by Crippen LogP contribution is -2.33. The highest BCUT2D eigenvalue weighted by molar-refractivity contribution is 6.31. The van der Waals surface area contributed by atoms with Gasteiger partial charge in [0, 0.05) is 33.6 Å². The number of nitrogens with zero attached hydrogens (tertiary/aromatic N) is 2. The van der Waals surface area contributed by atoms with E-state index in [-0.39, 0.29) is 16.8 Å². The number of pyridine rings is 1. The predicted octanol–water partition coefficient (Wildman–Crippen LogP) is 3.48. The summed E-state index contributed by atoms with van der Waals surface area (Å²) in [5.74, 6) is -0.654. The lowest BCUT2D eigenvalue weighted by atomic mass is 10.00. The number of aromatic nitrogens is 1. The molecule has 138 valence electrons. The maximum Gasteiger partial charge on any atom is 0.269 e. The van der Waals surface area contributed by atoms with Gasteiger partial charge in [-0.05, 0) is 36.4 Å². The molecule has 4 aromatic rings. The summed E-state index contributed by atoms with van der Waals surface area (Å²) in [5.41, 5.74) is 1.57. The Labute approximate surface area is 167 Å². The molecule has 0 fully saturated rings. The lowest BCUT2D eigenvalue weighted by molar-refractivity contribution is 0.0962. The second-order valence-electron chi connectivity index (χ2n) is 6.45. The summed E-state index contributed by atoms with van der Waals surface area (Å²) in [4.78, 5) is 30.6. The summed E-state index contributed by atoms with van der Waals surface area (Å²) in [6, 6.07) is 9.87. The lowest BCUT2D eigenvalue weighted by Gasteiger charge is -2.08. The molecule has 0 saturated heterocycles. The van der Waals surface area contributed by atoms with Crippen molar-refractivity contribution in [1.29, 1.82) is 0 Å². The second kappa shape index (κ2) is 5.70. The zero-order valence-corrected chi connectivity index (χ0v) is 15.9. The van der Waals surface area contributed by atoms with E-state index in [1.54, 1.807) is 36.4 Å². The number of benzene rings is 2. The van der Waals surface area contributed by atoms with Crippen molar-refractivity contribution in [3.8, 4) is 16.9 Å². The first kappa shape index (κ1) is 17.0. The van der Waals surface area contributed by atoms with Gasteiger partial charge >= 0.3 is 0 Å². The van der Waals surface area contributed by atoms with Crippen molar-refractivity contribution in [3.63, 3.8) is 0 Å². The summed E-state index contributed by atoms with van der Waals surface area (Å²) >= 11 is 12.2. The topological polar surface area (TPSA) is 83.2 Å². The molecule has 1 aliphatic heterocycles. The normalized spacial score (nSPS) is 12.1. The molecule has 3 heterocycles. The van der Waals surface area contributed by atoms with Gasteiger partial charge in [0.1, 0.15) is 16.4 Å². The molecular weight excluding hydrogens is 401 g/mol. The highest BCUT2D eigenvalue weighted by Crippen LogP contribution is 2.39. The van der Waals surface area contributed by atoms with Crippen LogP contribution in [0.25, 0.3) is 27.5 Å². The number of amides is 1. The molecule has 1 amide bonds. The van der Waals surface area contributed by atoms with E-state index in [0.717, 1.165) is 0 Å². The van der Waals surface area contributed by atoms with E-state index in [2.05, 4.69) is 10.3 Å². The first-order valence-corrected chi connectivity index (χ1v) is 9.11. The zero-order valence-electron chi connectivity index (χ0n) is 14.4. The van der Waals surface area contributed by atoms with Crippen molar-refractivity contribution in [2.24, 2.45) is 4.99 Å². The monoisotopic (exact) mass is 411 g/mol. The number of aromatic hydroxyl groups is 1. The Balaban J connectivity index is 2.11. The van der Waals surface area contributed by atoms with Crippen molar-refractivity contribution in [2.45, 2.75) is 0 Å². The van der Waals surface area contributed by atoms with Crippen LogP contribution in [0, 0.1) is 0 Å². The molecule has 5 rings (SSSR count). The minimum Gasteiger partial charge on any atom is -0.505 e. The molecule has 0 radical (unpaired) electrons. The fourth-order valence-electron chi connectivity index (χ4n) is 3.76. The smallest absolute Gasteiger partial charge is 0.269 e. The number of carbonyl (C=O) groups is 1. The molecule has 6 nitrogen and oxygen atoms in total. The van der Waals surface area contributed by atoms with Crippen LogP contribution in [-0.2, 0) is 0 Å². The number of carbonyl (C=O) groups excluding carboxylic acids is 1. The van der Waals surface area contributed by atoms with Crippen LogP contribution in [0.2, 0.25) is 10.0 Å². The minimum absolute atomic E-state index is 0.0541. The number of hydrogen-bond acceptors (Lipinski definition) is 4. The second-order valence-corrected chi connectivity index (χ2v) is 7.32. The van der Waals surface area contributed by atoms with E-state index in [0.29, 0.717) is 43.1 Å². The summed E-state index contributed by atoms with van der Waals surface area (Å²) in [6.45, 7) is 0. The molecule has 0 aliphatic carbocycles. The molecule has 0 spiro atoms. The van der Waals surface area contributed by atoms with Gasteiger partial charge in [0.15, 0.2) is 5.75 Å². The Hall–Kier alpha value is -3.09. The number of fused-ring (bicyclic) bond motifs is 7. The van der Waals surface area contributed by atoms with Gasteiger partial charge in [-0.2, -0.15) is 0 Å². The SMILES string of the molecule is CNC(=O)c1c2c(c3c(O)c4cc(Cl)ccc4n3c1=O)=Nc1ccc(Cl)cc1-2. The fraction of sp³-hybridized carbons (Fsp3) is 0.0500. The van der Waals surface area contributed by atoms with Crippen molar-refractivity contribution < 1.29 is 9.90 Å². The Kier molecular flexibility index (Phi) is 3.47. The molecule has 2 N–H and O–H groups in total. The van der Waals surface area contributed by atoms with Gasteiger partial charge in [-0.25, -0.2) is 4.99 Å². The average Bonchev–Trinajstić information content (AvgIpc) is 3.17. The van der Waals surface area contributed by atoms with E-state index >= 15 is 0 Å². The highest BCUT2D eigenvalue weighted by Gasteiger charge is 2.30. The first-order valence-electron chi connectivity index (χ1n) is 8.35. The molecule has 0 bridgehead atoms. The molecule has 0 unspecified atom stereocenters. The van der Waals surface area contributed by atoms with Gasteiger partial charge in [-0.1, -0.05) is 23.2 Å². The standard InChI is InChI=1S/C20H11Cl2N3O3/c1-23-19(27)15-14-10-6-8(21)2-4-12(10)24-16(14)17-18(26)11-7-9(22)3-5-13(11)25(17)20(15)28/h2-7,26H,1H3,(H,23,27). The molecule has 8 heteroatoms. The van der Waals surface area contributed by atoms with Crippen molar-refractivity contribution >= 4 is 51.2 Å². The Morgan fingerprint density at radius 2 is 1.86 bits per heavy atom. The highest BCUT2D eigenvalue weighted by atomic mass is 35.5. The third-order valence-corrected chi connectivity index (χ3v) is 5.42. The van der Waals surface area contributed by atoms with Crippen LogP contribution in [0.5, 0.6) is 5.75 Å². The summed E-state index contributed by atoms with van der Waals surface area (Å²) in [7, 11) is 1.45. The van der Waals surface area contributed by atoms with Crippen molar-refractivity contribution in [2.75, 3.05) is 7.05 Å². The van der Waals surface area contributed by atoms with Crippen LogP contribution in [0.4, 0.5) is 5.69 Å². The maximum absolute atomic E-state index is 13.4. The molecular formula is C20H11Cl2N3O3. The van der Waals surface area contributed by atoms with E-state index in [9.17, 15) is 14.7 Å². The fourth-order valence-corrected chi connectivity index (χ4v) is 4.11. The van der Waals surface area contributed by atoms with Crippen LogP contribution in [0.1, 0.15) is 10.4 Å². The van der Waals surface area contributed by atoms with E-state index in [1.165, 1.54) is 11.4 Å². The predicted molar refractivity (Wildman–Crippen MR) is 108 cm³/mol. The quantitative estimate of drug-likeness (QED) is 0.442. The van der Waals surface area contributed by atoms with Gasteiger partial charge < -0.3 is 10.4 Å². The van der Waals surface area contributed by atoms with E-state index in [1.807, 2.05) is 0 Å². The Bertz CT molecular complexity index is 1470. The van der Waals surface area contributed by atoms with Crippen LogP contribution in [-0.4, -0.2) is 22.5 Å². The molecule has 28 heavy (non-hydrogen) atoms. The van der Waals surface area contributed by atoms with Crippen LogP contribution in [0.15, 0.2) is 46.2 Å². The van der Waals surface area contributed by atoms with Crippen LogP contribution >= 0.6 is 23.2 Å².